The SMILES string of the molecule is CC#C[C@@H](CC(=O)[O-])c1ccc(OCc2cccc(CN3CCc4oc(C5CC5)nc4C3)c2)cc1.CC#C[C@@H](CC(=O)[O-])c1ccc(OCc2cccc(CN3CCc4oc(C5CC5)nc4C3)c2)cc1.[Ca+2]. The first-order chi connectivity index (χ1) is 34.1. The molecule has 0 bridgehead atoms. The van der Waals surface area contributed by atoms with Gasteiger partial charge in [-0.25, -0.2) is 9.97 Å². The average molecular weight is 979 g/mol. The van der Waals surface area contributed by atoms with Gasteiger partial charge in [0.05, 0.1) is 23.2 Å². The molecule has 2 fully saturated rings. The molecule has 71 heavy (non-hydrogen) atoms. The molecule has 2 aromatic heterocycles. The minimum atomic E-state index is -1.10. The number of aliphatic carboxylic acids is 2. The molecule has 0 unspecified atom stereocenters. The molecule has 12 nitrogen and oxygen atoms in total. The zero-order valence-corrected chi connectivity index (χ0v) is 42.8. The molecule has 13 heteroatoms. The molecule has 0 radical (unpaired) electrons. The number of rotatable bonds is 18. The number of carbonyl (C=O) groups excluding carboxylic acids is 2. The van der Waals surface area contributed by atoms with Crippen LogP contribution in [0.5, 0.6) is 11.5 Å². The first kappa shape index (κ1) is 51.5. The Hall–Kier alpha value is -5.86. The Balaban J connectivity index is 0.000000188. The fraction of sp³-hybridized carbons (Fsp3) is 0.379. The number of benzene rings is 4. The number of carboxylic acid groups (broad SMARTS) is 2. The van der Waals surface area contributed by atoms with E-state index in [1.54, 1.807) is 13.8 Å². The van der Waals surface area contributed by atoms with Gasteiger partial charge < -0.3 is 38.1 Å². The Labute approximate surface area is 446 Å². The normalized spacial score (nSPS) is 15.9. The van der Waals surface area contributed by atoms with Crippen LogP contribution in [-0.2, 0) is 61.8 Å². The van der Waals surface area contributed by atoms with Gasteiger partial charge in [-0.15, -0.1) is 11.8 Å². The van der Waals surface area contributed by atoms with E-state index in [1.165, 1.54) is 36.8 Å². The summed E-state index contributed by atoms with van der Waals surface area (Å²) in [5.41, 5.74) is 8.61. The standard InChI is InChI=1S/2C29H30N2O4.Ca/c2*1-2-4-24(16-28(32)33)22-9-11-25(12-10-22)34-19-21-6-3-5-20(15-21)17-31-14-13-27-26(18-31)30-29(35-27)23-7-8-23;/h2*3,5-6,9-12,15,23-24H,7-8,13-14,16-19H2,1H3,(H,32,33);/q;;+2/p-2/t2*24-;/m00./s1. The molecule has 2 saturated carbocycles. The second kappa shape index (κ2) is 24.5. The first-order valence-electron chi connectivity index (χ1n) is 24.4. The predicted molar refractivity (Wildman–Crippen MR) is 264 cm³/mol. The Kier molecular flexibility index (Phi) is 17.8. The Bertz CT molecular complexity index is 2700. The summed E-state index contributed by atoms with van der Waals surface area (Å²) in [6, 6.07) is 31.9. The van der Waals surface area contributed by atoms with E-state index < -0.39 is 11.9 Å². The van der Waals surface area contributed by atoms with E-state index in [0.717, 1.165) is 121 Å². The van der Waals surface area contributed by atoms with Crippen molar-refractivity contribution in [1.82, 2.24) is 19.8 Å². The molecule has 0 saturated heterocycles. The van der Waals surface area contributed by atoms with Gasteiger partial charge in [0, 0.05) is 88.7 Å². The summed E-state index contributed by atoms with van der Waals surface area (Å²) in [5, 5.41) is 22.0. The summed E-state index contributed by atoms with van der Waals surface area (Å²) in [4.78, 5) is 36.4. The summed E-state index contributed by atoms with van der Waals surface area (Å²) in [6.07, 6.45) is 6.42. The van der Waals surface area contributed by atoms with Crippen molar-refractivity contribution in [2.45, 2.75) is 128 Å². The van der Waals surface area contributed by atoms with Gasteiger partial charge in [-0.05, 0) is 97.2 Å². The number of hydrogen-bond donors (Lipinski definition) is 0. The number of ether oxygens (including phenoxy) is 2. The molecule has 10 rings (SSSR count). The average Bonchev–Trinajstić information content (AvgIpc) is 4.31. The van der Waals surface area contributed by atoms with Crippen LogP contribution in [0.25, 0.3) is 0 Å². The zero-order chi connectivity index (χ0) is 48.4. The van der Waals surface area contributed by atoms with E-state index in [4.69, 9.17) is 28.3 Å². The molecular formula is C58H58CaN4O8. The fourth-order valence-corrected chi connectivity index (χ4v) is 9.09. The molecule has 0 N–H and O–H groups in total. The predicted octanol–water partition coefficient (Wildman–Crippen LogP) is 7.49. The van der Waals surface area contributed by atoms with Crippen molar-refractivity contribution in [3.8, 4) is 35.2 Å². The van der Waals surface area contributed by atoms with E-state index in [1.807, 2.05) is 48.5 Å². The molecule has 2 atom stereocenters. The molecule has 0 spiro atoms. The number of fused-ring (bicyclic) bond motifs is 2. The Morgan fingerprint density at radius 3 is 1.38 bits per heavy atom. The summed E-state index contributed by atoms with van der Waals surface area (Å²) in [5.74, 6) is 15.1. The van der Waals surface area contributed by atoms with Gasteiger partial charge in [-0.3, -0.25) is 9.80 Å². The van der Waals surface area contributed by atoms with E-state index in [-0.39, 0.29) is 62.4 Å². The van der Waals surface area contributed by atoms with Crippen molar-refractivity contribution in [3.63, 3.8) is 0 Å². The molecule has 2 aliphatic heterocycles. The second-order valence-corrected chi connectivity index (χ2v) is 18.7. The van der Waals surface area contributed by atoms with Crippen LogP contribution in [0.1, 0.15) is 144 Å². The van der Waals surface area contributed by atoms with Crippen LogP contribution >= 0.6 is 0 Å². The summed E-state index contributed by atoms with van der Waals surface area (Å²) in [7, 11) is 0. The summed E-state index contributed by atoms with van der Waals surface area (Å²) in [6.45, 7) is 9.68. The second-order valence-electron chi connectivity index (χ2n) is 18.7. The summed E-state index contributed by atoms with van der Waals surface area (Å²) >= 11 is 0. The maximum absolute atomic E-state index is 11.0. The van der Waals surface area contributed by atoms with E-state index in [0.29, 0.717) is 25.0 Å². The Morgan fingerprint density at radius 1 is 0.620 bits per heavy atom. The van der Waals surface area contributed by atoms with Crippen molar-refractivity contribution in [2.75, 3.05) is 13.1 Å². The first-order valence-corrected chi connectivity index (χ1v) is 24.4. The van der Waals surface area contributed by atoms with Crippen LogP contribution in [0.2, 0.25) is 0 Å². The van der Waals surface area contributed by atoms with Crippen molar-refractivity contribution in [3.05, 3.63) is 165 Å². The maximum atomic E-state index is 11.0. The number of carbonyl (C=O) groups is 2. The monoisotopic (exact) mass is 978 g/mol. The number of nitrogens with zero attached hydrogens (tertiary/aromatic N) is 4. The molecule has 6 aromatic rings. The van der Waals surface area contributed by atoms with Crippen LogP contribution < -0.4 is 19.7 Å². The van der Waals surface area contributed by atoms with E-state index in [2.05, 4.69) is 82.0 Å². The largest absolute Gasteiger partial charge is 2.00 e. The molecule has 4 aliphatic rings. The van der Waals surface area contributed by atoms with E-state index >= 15 is 0 Å². The van der Waals surface area contributed by atoms with Crippen LogP contribution in [0.15, 0.2) is 106 Å². The van der Waals surface area contributed by atoms with Gasteiger partial charge in [-0.1, -0.05) is 84.6 Å². The molecule has 0 amide bonds. The molecule has 2 aliphatic carbocycles. The quantitative estimate of drug-likeness (QED) is 0.0619. The molecule has 360 valence electrons. The van der Waals surface area contributed by atoms with Gasteiger partial charge in [0.1, 0.15) is 36.2 Å². The third-order valence-electron chi connectivity index (χ3n) is 13.0. The number of oxazole rings is 2. The minimum Gasteiger partial charge on any atom is -0.550 e. The molecule has 4 heterocycles. The van der Waals surface area contributed by atoms with Crippen molar-refractivity contribution in [2.24, 2.45) is 0 Å². The minimum absolute atomic E-state index is 0. The Morgan fingerprint density at radius 2 is 1.01 bits per heavy atom. The fourth-order valence-electron chi connectivity index (χ4n) is 9.09. The van der Waals surface area contributed by atoms with Gasteiger partial charge in [0.2, 0.25) is 0 Å². The van der Waals surface area contributed by atoms with Crippen LogP contribution in [0, 0.1) is 23.7 Å². The van der Waals surface area contributed by atoms with Gasteiger partial charge in [-0.2, -0.15) is 0 Å². The maximum Gasteiger partial charge on any atom is 2.00 e. The third-order valence-corrected chi connectivity index (χ3v) is 13.0. The molecule has 4 aromatic carbocycles. The van der Waals surface area contributed by atoms with Crippen LogP contribution in [0.4, 0.5) is 0 Å². The van der Waals surface area contributed by atoms with E-state index in [9.17, 15) is 19.8 Å². The van der Waals surface area contributed by atoms with Gasteiger partial charge in [0.15, 0.2) is 11.8 Å². The van der Waals surface area contributed by atoms with Crippen molar-refractivity contribution in [1.29, 1.82) is 0 Å². The third kappa shape index (κ3) is 14.6. The number of carboxylic acids is 2. The molecular weight excluding hydrogens is 921 g/mol. The zero-order valence-electron chi connectivity index (χ0n) is 40.6. The topological polar surface area (TPSA) is 157 Å². The van der Waals surface area contributed by atoms with Gasteiger partial charge in [0.25, 0.3) is 0 Å². The number of aromatic nitrogens is 2. The van der Waals surface area contributed by atoms with Crippen molar-refractivity contribution >= 4 is 49.7 Å². The van der Waals surface area contributed by atoms with Crippen LogP contribution in [-0.4, -0.2) is 82.5 Å². The van der Waals surface area contributed by atoms with Gasteiger partial charge >= 0.3 is 37.7 Å². The number of hydrogen-bond acceptors (Lipinski definition) is 12. The van der Waals surface area contributed by atoms with Crippen LogP contribution in [0.3, 0.4) is 0 Å². The van der Waals surface area contributed by atoms with Crippen molar-refractivity contribution < 1.29 is 38.1 Å². The summed E-state index contributed by atoms with van der Waals surface area (Å²) < 4.78 is 23.9. The smallest absolute Gasteiger partial charge is 0.550 e.